The standard InChI is InChI=1S/C30H38Cl3N3O5S/c31-23-17-26(32)30(27(33)18-23)42(38,39)36-12-4-7-25(36)19-41-20-28(37)34-24-10-8-22(9-11-24)29(21-5-2-1-3-6-21)35-13-15-40-16-14-35/h1-3,5-6,17-18,22,24-25,29H,4,7-16,19-20H2,(H,34,37). The lowest BCUT2D eigenvalue weighted by Gasteiger charge is -2.42. The molecule has 1 N–H and O–H groups in total. The Morgan fingerprint density at radius 2 is 1.64 bits per heavy atom. The minimum Gasteiger partial charge on any atom is -0.379 e. The van der Waals surface area contributed by atoms with Crippen molar-refractivity contribution in [2.24, 2.45) is 5.92 Å². The number of halogens is 3. The number of benzene rings is 2. The highest BCUT2D eigenvalue weighted by molar-refractivity contribution is 7.89. The number of amides is 1. The summed E-state index contributed by atoms with van der Waals surface area (Å²) >= 11 is 18.4. The molecule has 42 heavy (non-hydrogen) atoms. The maximum atomic E-state index is 13.4. The van der Waals surface area contributed by atoms with Gasteiger partial charge in [0.1, 0.15) is 11.5 Å². The summed E-state index contributed by atoms with van der Waals surface area (Å²) in [5.41, 5.74) is 1.35. The zero-order chi connectivity index (χ0) is 29.7. The highest BCUT2D eigenvalue weighted by atomic mass is 35.5. The van der Waals surface area contributed by atoms with Gasteiger partial charge in [-0.25, -0.2) is 8.42 Å². The van der Waals surface area contributed by atoms with Gasteiger partial charge in [-0.3, -0.25) is 9.69 Å². The van der Waals surface area contributed by atoms with Gasteiger partial charge in [0.15, 0.2) is 0 Å². The van der Waals surface area contributed by atoms with Crippen molar-refractivity contribution in [3.8, 4) is 0 Å². The van der Waals surface area contributed by atoms with E-state index in [-0.39, 0.29) is 45.1 Å². The van der Waals surface area contributed by atoms with Crippen LogP contribution < -0.4 is 5.32 Å². The molecule has 0 spiro atoms. The lowest BCUT2D eigenvalue weighted by Crippen LogP contribution is -2.45. The number of hydrogen-bond acceptors (Lipinski definition) is 6. The monoisotopic (exact) mass is 657 g/mol. The van der Waals surface area contributed by atoms with E-state index in [1.807, 2.05) is 0 Å². The summed E-state index contributed by atoms with van der Waals surface area (Å²) in [6.07, 6.45) is 5.21. The second kappa shape index (κ2) is 14.6. The van der Waals surface area contributed by atoms with Crippen molar-refractivity contribution in [1.82, 2.24) is 14.5 Å². The number of hydrogen-bond donors (Lipinski definition) is 1. The number of carbonyl (C=O) groups is 1. The van der Waals surface area contributed by atoms with Crippen LogP contribution in [0.3, 0.4) is 0 Å². The molecule has 0 radical (unpaired) electrons. The zero-order valence-electron chi connectivity index (χ0n) is 23.5. The van der Waals surface area contributed by atoms with Crippen molar-refractivity contribution in [3.63, 3.8) is 0 Å². The Balaban J connectivity index is 1.10. The first kappa shape index (κ1) is 32.0. The molecular weight excluding hydrogens is 621 g/mol. The lowest BCUT2D eigenvalue weighted by atomic mass is 9.78. The van der Waals surface area contributed by atoms with Gasteiger partial charge in [-0.15, -0.1) is 0 Å². The molecule has 2 aromatic carbocycles. The van der Waals surface area contributed by atoms with Crippen molar-refractivity contribution in [3.05, 3.63) is 63.1 Å². The summed E-state index contributed by atoms with van der Waals surface area (Å²) in [6.45, 7) is 3.73. The van der Waals surface area contributed by atoms with E-state index < -0.39 is 16.1 Å². The molecule has 2 saturated heterocycles. The predicted molar refractivity (Wildman–Crippen MR) is 165 cm³/mol. The van der Waals surface area contributed by atoms with E-state index in [0.29, 0.717) is 31.3 Å². The van der Waals surface area contributed by atoms with Crippen LogP contribution in [-0.4, -0.2) is 81.7 Å². The van der Waals surface area contributed by atoms with E-state index in [1.54, 1.807) is 0 Å². The number of nitrogens with zero attached hydrogens (tertiary/aromatic N) is 2. The van der Waals surface area contributed by atoms with Gasteiger partial charge in [-0.2, -0.15) is 4.31 Å². The van der Waals surface area contributed by atoms with Crippen molar-refractivity contribution in [2.45, 2.75) is 61.5 Å². The Hall–Kier alpha value is -1.43. The van der Waals surface area contributed by atoms with Crippen LogP contribution in [0.5, 0.6) is 0 Å². The average molecular weight is 659 g/mol. The molecule has 1 aliphatic carbocycles. The third kappa shape index (κ3) is 7.61. The van der Waals surface area contributed by atoms with Gasteiger partial charge in [0.25, 0.3) is 0 Å². The van der Waals surface area contributed by atoms with Crippen LogP contribution in [-0.2, 0) is 24.3 Å². The maximum Gasteiger partial charge on any atom is 0.246 e. The molecule has 2 aromatic rings. The second-order valence-corrected chi connectivity index (χ2v) is 14.4. The molecular formula is C30H38Cl3N3O5S. The molecule has 12 heteroatoms. The fourth-order valence-corrected chi connectivity index (χ4v) is 9.78. The zero-order valence-corrected chi connectivity index (χ0v) is 26.6. The van der Waals surface area contributed by atoms with Crippen LogP contribution in [0.4, 0.5) is 0 Å². The largest absolute Gasteiger partial charge is 0.379 e. The van der Waals surface area contributed by atoms with Crippen LogP contribution in [0.1, 0.15) is 50.1 Å². The molecule has 8 nitrogen and oxygen atoms in total. The summed E-state index contributed by atoms with van der Waals surface area (Å²) in [5.74, 6) is 0.343. The number of morpholine rings is 1. The number of carbonyl (C=O) groups excluding carboxylic acids is 1. The van der Waals surface area contributed by atoms with Crippen molar-refractivity contribution >= 4 is 50.7 Å². The summed E-state index contributed by atoms with van der Waals surface area (Å²) in [4.78, 5) is 15.2. The highest BCUT2D eigenvalue weighted by Gasteiger charge is 2.38. The minimum atomic E-state index is -3.96. The molecule has 230 valence electrons. The smallest absolute Gasteiger partial charge is 0.246 e. The van der Waals surface area contributed by atoms with E-state index >= 15 is 0 Å². The fourth-order valence-electron chi connectivity index (χ4n) is 6.61. The molecule has 2 aliphatic heterocycles. The molecule has 0 aromatic heterocycles. The van der Waals surface area contributed by atoms with E-state index in [2.05, 4.69) is 40.5 Å². The van der Waals surface area contributed by atoms with Gasteiger partial charge in [0.05, 0.1) is 29.9 Å². The van der Waals surface area contributed by atoms with Crippen LogP contribution in [0, 0.1) is 5.92 Å². The normalized spacial score (nSPS) is 24.9. The molecule has 2 atom stereocenters. The predicted octanol–water partition coefficient (Wildman–Crippen LogP) is 5.57. The molecule has 0 bridgehead atoms. The lowest BCUT2D eigenvalue weighted by molar-refractivity contribution is -0.127. The van der Waals surface area contributed by atoms with Crippen LogP contribution in [0.15, 0.2) is 47.4 Å². The fraction of sp³-hybridized carbons (Fsp3) is 0.567. The van der Waals surface area contributed by atoms with Crippen LogP contribution in [0.2, 0.25) is 15.1 Å². The molecule has 1 saturated carbocycles. The first-order valence-corrected chi connectivity index (χ1v) is 17.2. The Morgan fingerprint density at radius 3 is 2.31 bits per heavy atom. The first-order chi connectivity index (χ1) is 20.2. The summed E-state index contributed by atoms with van der Waals surface area (Å²) in [6, 6.07) is 13.5. The van der Waals surface area contributed by atoms with E-state index in [9.17, 15) is 13.2 Å². The van der Waals surface area contributed by atoms with E-state index in [4.69, 9.17) is 44.3 Å². The maximum absolute atomic E-state index is 13.4. The number of nitrogens with one attached hydrogen (secondary N) is 1. The summed E-state index contributed by atoms with van der Waals surface area (Å²) in [5, 5.41) is 3.36. The van der Waals surface area contributed by atoms with E-state index in [1.165, 1.54) is 22.0 Å². The summed E-state index contributed by atoms with van der Waals surface area (Å²) < 4.78 is 39.5. The van der Waals surface area contributed by atoms with Crippen molar-refractivity contribution in [2.75, 3.05) is 46.1 Å². The molecule has 2 heterocycles. The Bertz CT molecular complexity index is 1300. The topological polar surface area (TPSA) is 88.2 Å². The molecule has 3 aliphatic rings. The van der Waals surface area contributed by atoms with Gasteiger partial charge in [0, 0.05) is 42.8 Å². The third-order valence-electron chi connectivity index (χ3n) is 8.56. The summed E-state index contributed by atoms with van der Waals surface area (Å²) in [7, 11) is -3.96. The quantitative estimate of drug-likeness (QED) is 0.360. The van der Waals surface area contributed by atoms with Gasteiger partial charge in [-0.05, 0) is 62.1 Å². The third-order valence-corrected chi connectivity index (χ3v) is 11.7. The molecule has 3 fully saturated rings. The SMILES string of the molecule is O=C(COCC1CCCN1S(=O)(=O)c1c(Cl)cc(Cl)cc1Cl)NC1CCC(C(c2ccccc2)N2CCOCC2)CC1. The average Bonchev–Trinajstić information content (AvgIpc) is 3.44. The number of ether oxygens (including phenoxy) is 2. The number of sulfonamides is 1. The minimum absolute atomic E-state index is 0.0202. The van der Waals surface area contributed by atoms with Crippen LogP contribution in [0.25, 0.3) is 0 Å². The van der Waals surface area contributed by atoms with Gasteiger partial charge >= 0.3 is 0 Å². The van der Waals surface area contributed by atoms with Gasteiger partial charge in [0.2, 0.25) is 15.9 Å². The number of rotatable bonds is 10. The molecule has 1 amide bonds. The Morgan fingerprint density at radius 1 is 0.976 bits per heavy atom. The Labute approximate surface area is 263 Å². The van der Waals surface area contributed by atoms with Crippen molar-refractivity contribution < 1.29 is 22.7 Å². The first-order valence-electron chi connectivity index (χ1n) is 14.6. The Kier molecular flexibility index (Phi) is 11.1. The van der Waals surface area contributed by atoms with Crippen molar-refractivity contribution in [1.29, 1.82) is 0 Å². The van der Waals surface area contributed by atoms with Crippen LogP contribution >= 0.6 is 34.8 Å². The molecule has 2 unspecified atom stereocenters. The second-order valence-electron chi connectivity index (χ2n) is 11.3. The van der Waals surface area contributed by atoms with E-state index in [0.717, 1.165) is 52.0 Å². The van der Waals surface area contributed by atoms with Gasteiger partial charge in [-0.1, -0.05) is 65.1 Å². The molecule has 5 rings (SSSR count). The van der Waals surface area contributed by atoms with Gasteiger partial charge < -0.3 is 14.8 Å². The highest BCUT2D eigenvalue weighted by Crippen LogP contribution is 2.39.